The van der Waals surface area contributed by atoms with Crippen molar-refractivity contribution in [2.75, 3.05) is 0 Å². The van der Waals surface area contributed by atoms with E-state index in [0.717, 1.165) is 22.9 Å². The highest BCUT2D eigenvalue weighted by molar-refractivity contribution is 9.12. The molecule has 0 bridgehead atoms. The quantitative estimate of drug-likeness (QED) is 0.586. The van der Waals surface area contributed by atoms with Crippen LogP contribution < -0.4 is 0 Å². The van der Waals surface area contributed by atoms with Gasteiger partial charge in [-0.05, 0) is 20.3 Å². The molecule has 0 fully saturated rings. The third kappa shape index (κ3) is 1.91. The average molecular weight is 326 g/mol. The van der Waals surface area contributed by atoms with E-state index >= 15 is 0 Å². The van der Waals surface area contributed by atoms with Gasteiger partial charge in [0.15, 0.2) is 5.60 Å². The van der Waals surface area contributed by atoms with Crippen LogP contribution in [0.1, 0.15) is 33.6 Å². The van der Waals surface area contributed by atoms with Crippen LogP contribution >= 0.6 is 31.9 Å². The van der Waals surface area contributed by atoms with Crippen molar-refractivity contribution >= 4 is 37.8 Å². The summed E-state index contributed by atoms with van der Waals surface area (Å²) in [4.78, 5) is 11.7. The summed E-state index contributed by atoms with van der Waals surface area (Å²) in [5.74, 6) is -0.187. The smallest absolute Gasteiger partial charge is 0.335 e. The molecule has 0 radical (unpaired) electrons. The molecule has 0 saturated heterocycles. The molecule has 1 aliphatic rings. The molecule has 0 N–H and O–H groups in total. The van der Waals surface area contributed by atoms with Gasteiger partial charge in [0.05, 0.1) is 10.4 Å². The van der Waals surface area contributed by atoms with E-state index in [-0.39, 0.29) is 10.8 Å². The third-order valence-electron chi connectivity index (χ3n) is 2.51. The number of hydrogen-bond acceptors (Lipinski definition) is 2. The Labute approximate surface area is 101 Å². The van der Waals surface area contributed by atoms with E-state index in [0.29, 0.717) is 0 Å². The van der Waals surface area contributed by atoms with Gasteiger partial charge < -0.3 is 4.74 Å². The molecule has 14 heavy (non-hydrogen) atoms. The molecular weight excluding hydrogens is 312 g/mol. The first-order valence-corrected chi connectivity index (χ1v) is 6.40. The van der Waals surface area contributed by atoms with Crippen molar-refractivity contribution in [1.29, 1.82) is 0 Å². The lowest BCUT2D eigenvalue weighted by molar-refractivity contribution is -0.145. The molecule has 0 aromatic carbocycles. The van der Waals surface area contributed by atoms with E-state index in [4.69, 9.17) is 4.74 Å². The Morgan fingerprint density at radius 1 is 1.57 bits per heavy atom. The Morgan fingerprint density at radius 3 is 2.50 bits per heavy atom. The van der Waals surface area contributed by atoms with E-state index < -0.39 is 5.60 Å². The van der Waals surface area contributed by atoms with Crippen molar-refractivity contribution < 1.29 is 9.53 Å². The van der Waals surface area contributed by atoms with E-state index in [1.165, 1.54) is 0 Å². The van der Waals surface area contributed by atoms with E-state index in [2.05, 4.69) is 31.9 Å². The lowest BCUT2D eigenvalue weighted by atomic mass is 10.0. The predicted molar refractivity (Wildman–Crippen MR) is 63.7 cm³/mol. The Hall–Kier alpha value is 0.170. The number of carbonyl (C=O) groups excluding carboxylic acids is 1. The summed E-state index contributed by atoms with van der Waals surface area (Å²) >= 11 is 6.94. The molecule has 1 heterocycles. The molecule has 2 nitrogen and oxygen atoms in total. The molecule has 0 amide bonds. The lowest BCUT2D eigenvalue weighted by Gasteiger charge is -2.26. The summed E-state index contributed by atoms with van der Waals surface area (Å²) in [5, 5.41) is 0. The minimum Gasteiger partial charge on any atom is -0.449 e. The van der Waals surface area contributed by atoms with Crippen molar-refractivity contribution in [2.45, 2.75) is 44.0 Å². The van der Waals surface area contributed by atoms with Gasteiger partial charge in [-0.15, -0.1) is 0 Å². The van der Waals surface area contributed by atoms with Gasteiger partial charge in [-0.1, -0.05) is 45.2 Å². The number of rotatable bonds is 3. The lowest BCUT2D eigenvalue weighted by Crippen LogP contribution is -2.34. The second-order valence-corrected chi connectivity index (χ2v) is 5.82. The fraction of sp³-hybridized carbons (Fsp3) is 0.700. The number of esters is 1. The number of halogens is 2. The second-order valence-electron chi connectivity index (χ2n) is 3.66. The van der Waals surface area contributed by atoms with Crippen molar-refractivity contribution in [2.24, 2.45) is 0 Å². The van der Waals surface area contributed by atoms with Crippen LogP contribution in [0.5, 0.6) is 0 Å². The number of alkyl halides is 1. The van der Waals surface area contributed by atoms with Gasteiger partial charge in [-0.3, -0.25) is 0 Å². The Balaban J connectivity index is 3.03. The standard InChI is InChI=1S/C10H14Br2O2/c1-4-5-7-8(12)10(3,6(2)11)14-9(7)13/h6H,4-5H2,1-3H3. The molecule has 2 unspecified atom stereocenters. The summed E-state index contributed by atoms with van der Waals surface area (Å²) in [6, 6.07) is 0. The van der Waals surface area contributed by atoms with Crippen LogP contribution in [0, 0.1) is 0 Å². The van der Waals surface area contributed by atoms with Gasteiger partial charge in [0.2, 0.25) is 0 Å². The van der Waals surface area contributed by atoms with Gasteiger partial charge in [0.1, 0.15) is 0 Å². The van der Waals surface area contributed by atoms with Gasteiger partial charge in [0.25, 0.3) is 0 Å². The van der Waals surface area contributed by atoms with Crippen molar-refractivity contribution in [1.82, 2.24) is 0 Å². The summed E-state index contributed by atoms with van der Waals surface area (Å²) in [6.07, 6.45) is 1.72. The maximum atomic E-state index is 11.6. The highest BCUT2D eigenvalue weighted by Gasteiger charge is 2.45. The minimum absolute atomic E-state index is 0.0997. The van der Waals surface area contributed by atoms with Crippen LogP contribution in [-0.4, -0.2) is 16.4 Å². The number of hydrogen-bond donors (Lipinski definition) is 0. The predicted octanol–water partition coefficient (Wildman–Crippen LogP) is 3.53. The van der Waals surface area contributed by atoms with Gasteiger partial charge >= 0.3 is 5.97 Å². The fourth-order valence-corrected chi connectivity index (χ4v) is 2.82. The van der Waals surface area contributed by atoms with Crippen LogP contribution in [-0.2, 0) is 9.53 Å². The first kappa shape index (κ1) is 12.2. The second kappa shape index (κ2) is 4.35. The normalized spacial score (nSPS) is 29.4. The molecular formula is C10H14Br2O2. The zero-order valence-electron chi connectivity index (χ0n) is 8.56. The number of cyclic esters (lactones) is 1. The zero-order chi connectivity index (χ0) is 10.9. The van der Waals surface area contributed by atoms with Gasteiger partial charge in [0, 0.05) is 4.48 Å². The molecule has 4 heteroatoms. The monoisotopic (exact) mass is 324 g/mol. The molecule has 0 aromatic rings. The van der Waals surface area contributed by atoms with Crippen LogP contribution in [0.4, 0.5) is 0 Å². The van der Waals surface area contributed by atoms with Crippen LogP contribution in [0.3, 0.4) is 0 Å². The highest BCUT2D eigenvalue weighted by Crippen LogP contribution is 2.42. The minimum atomic E-state index is -0.540. The summed E-state index contributed by atoms with van der Waals surface area (Å²) in [6.45, 7) is 5.94. The third-order valence-corrected chi connectivity index (χ3v) is 4.65. The molecule has 0 aromatic heterocycles. The molecule has 1 aliphatic heterocycles. The molecule has 0 saturated carbocycles. The average Bonchev–Trinajstić information content (AvgIpc) is 2.31. The molecule has 2 atom stereocenters. The summed E-state index contributed by atoms with van der Waals surface area (Å²) in [7, 11) is 0. The van der Waals surface area contributed by atoms with Gasteiger partial charge in [-0.25, -0.2) is 4.79 Å². The number of ether oxygens (including phenoxy) is 1. The van der Waals surface area contributed by atoms with Crippen molar-refractivity contribution in [3.63, 3.8) is 0 Å². The van der Waals surface area contributed by atoms with Crippen molar-refractivity contribution in [3.05, 3.63) is 10.1 Å². The zero-order valence-corrected chi connectivity index (χ0v) is 11.7. The molecule has 80 valence electrons. The maximum Gasteiger partial charge on any atom is 0.335 e. The van der Waals surface area contributed by atoms with E-state index in [9.17, 15) is 4.79 Å². The van der Waals surface area contributed by atoms with Gasteiger partial charge in [-0.2, -0.15) is 0 Å². The molecule has 0 aliphatic carbocycles. The summed E-state index contributed by atoms with van der Waals surface area (Å²) in [5.41, 5.74) is 0.239. The fourth-order valence-electron chi connectivity index (χ4n) is 1.41. The first-order valence-electron chi connectivity index (χ1n) is 4.70. The van der Waals surface area contributed by atoms with E-state index in [1.54, 1.807) is 0 Å². The van der Waals surface area contributed by atoms with E-state index in [1.807, 2.05) is 20.8 Å². The SMILES string of the molecule is CCCC1=C(Br)C(C)(C(C)Br)OC1=O. The molecule has 0 spiro atoms. The molecule has 1 rings (SSSR count). The topological polar surface area (TPSA) is 26.3 Å². The Kier molecular flexibility index (Phi) is 3.81. The maximum absolute atomic E-state index is 11.6. The van der Waals surface area contributed by atoms with Crippen LogP contribution in [0.25, 0.3) is 0 Å². The van der Waals surface area contributed by atoms with Crippen LogP contribution in [0.15, 0.2) is 10.1 Å². The van der Waals surface area contributed by atoms with Crippen molar-refractivity contribution in [3.8, 4) is 0 Å². The first-order chi connectivity index (χ1) is 6.43. The Bertz CT molecular complexity index is 284. The van der Waals surface area contributed by atoms with Crippen LogP contribution in [0.2, 0.25) is 0 Å². The summed E-state index contributed by atoms with van der Waals surface area (Å²) < 4.78 is 6.27. The Morgan fingerprint density at radius 2 is 2.14 bits per heavy atom. The highest BCUT2D eigenvalue weighted by atomic mass is 79.9. The largest absolute Gasteiger partial charge is 0.449 e. The number of carbonyl (C=O) groups is 1.